The quantitative estimate of drug-likeness (QED) is 0.855. The minimum atomic E-state index is -2.79. The number of nitrogens with zero attached hydrogens (tertiary/aromatic N) is 1. The average Bonchev–Trinajstić information content (AvgIpc) is 2.85. The van der Waals surface area contributed by atoms with E-state index in [9.17, 15) is 8.78 Å². The molecule has 2 atom stereocenters. The van der Waals surface area contributed by atoms with Crippen molar-refractivity contribution in [1.29, 1.82) is 0 Å². The molecule has 1 aromatic heterocycles. The van der Waals surface area contributed by atoms with E-state index in [1.807, 2.05) is 20.0 Å². The van der Waals surface area contributed by atoms with Crippen LogP contribution in [0.3, 0.4) is 0 Å². The molecule has 0 bridgehead atoms. The normalized spacial score (nSPS) is 14.2. The van der Waals surface area contributed by atoms with E-state index in [0.29, 0.717) is 0 Å². The molecule has 2 rings (SSSR count). The molecule has 3 nitrogen and oxygen atoms in total. The van der Waals surface area contributed by atoms with E-state index < -0.39 is 6.61 Å². The van der Waals surface area contributed by atoms with Crippen molar-refractivity contribution < 1.29 is 13.5 Å². The maximum absolute atomic E-state index is 12.1. The smallest absolute Gasteiger partial charge is 0.387 e. The van der Waals surface area contributed by atoms with Gasteiger partial charge in [-0.3, -0.25) is 0 Å². The predicted molar refractivity (Wildman–Crippen MR) is 79.9 cm³/mol. The first kappa shape index (κ1) is 15.9. The topological polar surface area (TPSA) is 34.2 Å². The van der Waals surface area contributed by atoms with E-state index in [0.717, 1.165) is 10.6 Å². The van der Waals surface area contributed by atoms with Gasteiger partial charge in [0.05, 0.1) is 6.04 Å². The zero-order valence-electron chi connectivity index (χ0n) is 12.1. The molecule has 0 aliphatic rings. The summed E-state index contributed by atoms with van der Waals surface area (Å²) in [6.07, 6.45) is 1.86. The SMILES string of the molecule is Cc1cnc(C(C)NC(C)c2ccc(OC(F)F)cc2)s1. The van der Waals surface area contributed by atoms with Gasteiger partial charge in [-0.15, -0.1) is 11.3 Å². The zero-order valence-corrected chi connectivity index (χ0v) is 13.0. The van der Waals surface area contributed by atoms with E-state index in [-0.39, 0.29) is 17.8 Å². The van der Waals surface area contributed by atoms with Crippen molar-refractivity contribution >= 4 is 11.3 Å². The van der Waals surface area contributed by atoms with Crippen LogP contribution in [0.4, 0.5) is 8.78 Å². The first-order valence-corrected chi connectivity index (χ1v) is 7.50. The van der Waals surface area contributed by atoms with Crippen LogP contribution in [0.5, 0.6) is 5.75 Å². The van der Waals surface area contributed by atoms with E-state index in [4.69, 9.17) is 0 Å². The van der Waals surface area contributed by atoms with Gasteiger partial charge in [0.25, 0.3) is 0 Å². The van der Waals surface area contributed by atoms with Crippen LogP contribution >= 0.6 is 11.3 Å². The number of hydrogen-bond donors (Lipinski definition) is 1. The Hall–Kier alpha value is -1.53. The Kier molecular flexibility index (Phi) is 5.25. The summed E-state index contributed by atoms with van der Waals surface area (Å²) < 4.78 is 28.5. The van der Waals surface area contributed by atoms with Crippen molar-refractivity contribution in [1.82, 2.24) is 10.3 Å². The molecule has 0 aliphatic heterocycles. The minimum absolute atomic E-state index is 0.0878. The van der Waals surface area contributed by atoms with E-state index in [1.165, 1.54) is 4.88 Å². The molecule has 0 radical (unpaired) electrons. The largest absolute Gasteiger partial charge is 0.435 e. The number of ether oxygens (including phenoxy) is 1. The molecule has 0 saturated carbocycles. The molecule has 6 heteroatoms. The molecule has 114 valence electrons. The summed E-state index contributed by atoms with van der Waals surface area (Å²) in [5, 5.41) is 4.48. The number of rotatable bonds is 6. The second kappa shape index (κ2) is 6.95. The van der Waals surface area contributed by atoms with Gasteiger partial charge in [0.2, 0.25) is 0 Å². The first-order chi connectivity index (χ1) is 9.95. The molecule has 1 aromatic carbocycles. The average molecular weight is 312 g/mol. The van der Waals surface area contributed by atoms with Gasteiger partial charge in [-0.2, -0.15) is 8.78 Å². The summed E-state index contributed by atoms with van der Waals surface area (Å²) >= 11 is 1.67. The highest BCUT2D eigenvalue weighted by atomic mass is 32.1. The van der Waals surface area contributed by atoms with Crippen LogP contribution in [-0.4, -0.2) is 11.6 Å². The lowest BCUT2D eigenvalue weighted by Gasteiger charge is -2.19. The van der Waals surface area contributed by atoms with Crippen LogP contribution < -0.4 is 10.1 Å². The number of halogens is 2. The lowest BCUT2D eigenvalue weighted by atomic mass is 10.1. The number of aryl methyl sites for hydroxylation is 1. The summed E-state index contributed by atoms with van der Waals surface area (Å²) in [5.74, 6) is 0.171. The second-order valence-electron chi connectivity index (χ2n) is 4.87. The number of nitrogens with one attached hydrogen (secondary N) is 1. The van der Waals surface area contributed by atoms with Crippen LogP contribution in [0, 0.1) is 6.92 Å². The fraction of sp³-hybridized carbons (Fsp3) is 0.400. The number of benzene rings is 1. The second-order valence-corrected chi connectivity index (χ2v) is 6.13. The Balaban J connectivity index is 1.98. The van der Waals surface area contributed by atoms with Gasteiger partial charge < -0.3 is 10.1 Å². The highest BCUT2D eigenvalue weighted by Gasteiger charge is 2.14. The Labute approximate surface area is 127 Å². The molecule has 2 unspecified atom stereocenters. The lowest BCUT2D eigenvalue weighted by molar-refractivity contribution is -0.0498. The van der Waals surface area contributed by atoms with Crippen molar-refractivity contribution in [3.05, 3.63) is 45.9 Å². The fourth-order valence-electron chi connectivity index (χ4n) is 2.05. The molecule has 21 heavy (non-hydrogen) atoms. The standard InChI is InChI=1S/C15H18F2N2OS/c1-9-8-18-14(21-9)11(3)19-10(2)12-4-6-13(7-5-12)20-15(16)17/h4-8,10-11,15,19H,1-3H3. The van der Waals surface area contributed by atoms with Crippen molar-refractivity contribution in [2.24, 2.45) is 0 Å². The Morgan fingerprint density at radius 3 is 2.33 bits per heavy atom. The van der Waals surface area contributed by atoms with Crippen molar-refractivity contribution in [2.45, 2.75) is 39.5 Å². The first-order valence-electron chi connectivity index (χ1n) is 6.69. The fourth-order valence-corrected chi connectivity index (χ4v) is 2.84. The molecule has 0 fully saturated rings. The van der Waals surface area contributed by atoms with Crippen LogP contribution in [0.2, 0.25) is 0 Å². The highest BCUT2D eigenvalue weighted by Crippen LogP contribution is 2.24. The summed E-state index contributed by atoms with van der Waals surface area (Å²) in [6, 6.07) is 6.90. The molecular formula is C15H18F2N2OS. The molecule has 0 amide bonds. The van der Waals surface area contributed by atoms with Crippen molar-refractivity contribution in [3.8, 4) is 5.75 Å². The molecule has 2 aromatic rings. The number of thiazole rings is 1. The predicted octanol–water partition coefficient (Wildman–Crippen LogP) is 4.46. The summed E-state index contributed by atoms with van der Waals surface area (Å²) in [7, 11) is 0. The zero-order chi connectivity index (χ0) is 15.4. The molecule has 0 spiro atoms. The number of alkyl halides is 2. The number of aromatic nitrogens is 1. The molecule has 1 N–H and O–H groups in total. The monoisotopic (exact) mass is 312 g/mol. The Bertz CT molecular complexity index is 571. The maximum Gasteiger partial charge on any atom is 0.387 e. The van der Waals surface area contributed by atoms with Gasteiger partial charge in [-0.25, -0.2) is 4.98 Å². The van der Waals surface area contributed by atoms with E-state index in [2.05, 4.69) is 22.0 Å². The van der Waals surface area contributed by atoms with Crippen LogP contribution in [-0.2, 0) is 0 Å². The highest BCUT2D eigenvalue weighted by molar-refractivity contribution is 7.11. The number of hydrogen-bond acceptors (Lipinski definition) is 4. The summed E-state index contributed by atoms with van der Waals surface area (Å²) in [4.78, 5) is 5.54. The summed E-state index contributed by atoms with van der Waals surface area (Å²) in [5.41, 5.74) is 1.01. The third-order valence-electron chi connectivity index (χ3n) is 3.11. The van der Waals surface area contributed by atoms with E-state index in [1.54, 1.807) is 35.6 Å². The Morgan fingerprint density at radius 2 is 1.81 bits per heavy atom. The third-order valence-corrected chi connectivity index (χ3v) is 4.21. The van der Waals surface area contributed by atoms with Gasteiger partial charge in [-0.1, -0.05) is 12.1 Å². The Morgan fingerprint density at radius 1 is 1.14 bits per heavy atom. The maximum atomic E-state index is 12.1. The van der Waals surface area contributed by atoms with Gasteiger partial charge in [0.1, 0.15) is 10.8 Å². The molecule has 0 aliphatic carbocycles. The van der Waals surface area contributed by atoms with Gasteiger partial charge in [-0.05, 0) is 38.5 Å². The van der Waals surface area contributed by atoms with E-state index >= 15 is 0 Å². The van der Waals surface area contributed by atoms with Crippen LogP contribution in [0.1, 0.15) is 41.4 Å². The van der Waals surface area contributed by atoms with Crippen molar-refractivity contribution in [3.63, 3.8) is 0 Å². The van der Waals surface area contributed by atoms with Crippen molar-refractivity contribution in [2.75, 3.05) is 0 Å². The van der Waals surface area contributed by atoms with Gasteiger partial charge >= 0.3 is 6.61 Å². The molecule has 1 heterocycles. The van der Waals surface area contributed by atoms with Crippen LogP contribution in [0.25, 0.3) is 0 Å². The molecular weight excluding hydrogens is 294 g/mol. The van der Waals surface area contributed by atoms with Crippen LogP contribution in [0.15, 0.2) is 30.5 Å². The minimum Gasteiger partial charge on any atom is -0.435 e. The molecule has 0 saturated heterocycles. The van der Waals surface area contributed by atoms with Gasteiger partial charge in [0.15, 0.2) is 0 Å². The third kappa shape index (κ3) is 4.47. The van der Waals surface area contributed by atoms with Gasteiger partial charge in [0, 0.05) is 17.1 Å². The summed E-state index contributed by atoms with van der Waals surface area (Å²) in [6.45, 7) is 3.32. The lowest BCUT2D eigenvalue weighted by Crippen LogP contribution is -2.22.